The van der Waals surface area contributed by atoms with Gasteiger partial charge in [0, 0.05) is 97.3 Å². The standard InChI is InChI=1S/C36H50O7.C23H18Br6O2.C21H14Br6O2.CH4/c1-8-24-14-30(15-25(9-2)33(24)37)36(7,31-16-26(20-40-10-3)34(38)27(17-31)21-41-11-4)32-18-28(22-42-12-5)35(39)29(19-32)23-43-13-6;1-11-16(24)4-12(5-17(11)25)23(2,13-6-18(26)15(10-30)19(27)7-13)14-8-20(28)22(31-3)21(29)9-14;1-9-13(22)3-10(4-14(9)23)21(2,11-5-15(24)19(28)16(25)6-11)12-7-17(26)20(29)18(27)8-12;/h14-19,37-39H,8-13,20-23H2,1-7H3;4-9,30H,10H2,1-3H3;3-8,28-29H,1-2H3;1H4/t;23-;;/m.0../s1. The van der Waals surface area contributed by atoms with Gasteiger partial charge in [-0.1, -0.05) is 129 Å². The van der Waals surface area contributed by atoms with Crippen molar-refractivity contribution in [2.24, 2.45) is 0 Å². The van der Waals surface area contributed by atoms with Crippen molar-refractivity contribution in [2.75, 3.05) is 33.5 Å². The van der Waals surface area contributed by atoms with Crippen LogP contribution in [0.25, 0.3) is 0 Å². The molecule has 1 atom stereocenters. The SMILES string of the molecule is C.CCOCc1cc(C(C)(c2cc(CC)c(O)c(CC)c2)c2cc(COCC)c(O)c(COCC)c2)cc(COCC)c1O.COc1c(Br)cc([C@@](C)(c2cc(Br)c(C)c(Br)c2)c2cc(Br)c(CO)c(Br)c2)cc1Br.Cc1c(Br)cc(C(C)(c2cc(Br)c(O)c(Br)c2)c2cc(Br)c(O)c(Br)c2)cc1Br. The number of rotatable bonds is 25. The number of phenols is 5. The summed E-state index contributed by atoms with van der Waals surface area (Å²) in [5.74, 6) is 1.71. The van der Waals surface area contributed by atoms with E-state index in [0.29, 0.717) is 85.2 Å². The zero-order chi connectivity index (χ0) is 76.3. The molecule has 0 aliphatic heterocycles. The van der Waals surface area contributed by atoms with Crippen molar-refractivity contribution in [3.63, 3.8) is 0 Å². The molecule has 23 heteroatoms. The molecular formula is C81H86Br12O11. The van der Waals surface area contributed by atoms with Crippen LogP contribution in [0, 0.1) is 13.8 Å². The quantitative estimate of drug-likeness (QED) is 0.0301. The summed E-state index contributed by atoms with van der Waals surface area (Å²) in [6.07, 6.45) is 1.34. The number of aromatic hydroxyl groups is 5. The van der Waals surface area contributed by atoms with Crippen LogP contribution in [0.2, 0.25) is 0 Å². The predicted molar refractivity (Wildman–Crippen MR) is 464 cm³/mol. The Kier molecular flexibility index (Phi) is 34.7. The molecule has 9 aromatic carbocycles. The highest BCUT2D eigenvalue weighted by atomic mass is 79.9. The normalized spacial score (nSPS) is 12.1. The summed E-state index contributed by atoms with van der Waals surface area (Å²) in [5, 5.41) is 63.7. The highest BCUT2D eigenvalue weighted by molar-refractivity contribution is 9.12. The van der Waals surface area contributed by atoms with Gasteiger partial charge in [0.05, 0.1) is 67.0 Å². The summed E-state index contributed by atoms with van der Waals surface area (Å²) in [7, 11) is 1.65. The Balaban J connectivity index is 0.000000250. The maximum atomic E-state index is 11.2. The number of phenolic OH excluding ortho intramolecular Hbond substituents is 5. The molecule has 0 saturated carbocycles. The molecule has 9 rings (SSSR count). The largest absolute Gasteiger partial charge is 0.507 e. The predicted octanol–water partition coefficient (Wildman–Crippen LogP) is 26.8. The summed E-state index contributed by atoms with van der Waals surface area (Å²) in [6, 6.07) is 36.7. The van der Waals surface area contributed by atoms with Crippen molar-refractivity contribution in [3.8, 4) is 34.5 Å². The lowest BCUT2D eigenvalue weighted by molar-refractivity contribution is 0.126. The lowest BCUT2D eigenvalue weighted by Gasteiger charge is -2.35. The van der Waals surface area contributed by atoms with E-state index < -0.39 is 16.2 Å². The maximum Gasteiger partial charge on any atom is 0.147 e. The Morgan fingerprint density at radius 1 is 0.298 bits per heavy atom. The smallest absolute Gasteiger partial charge is 0.147 e. The third-order valence-electron chi connectivity index (χ3n) is 18.7. The summed E-state index contributed by atoms with van der Waals surface area (Å²) in [5.41, 5.74) is 14.7. The second-order valence-electron chi connectivity index (χ2n) is 24.8. The Hall–Kier alpha value is -2.66. The van der Waals surface area contributed by atoms with Crippen molar-refractivity contribution in [2.45, 2.75) is 146 Å². The van der Waals surface area contributed by atoms with Crippen molar-refractivity contribution in [1.82, 2.24) is 0 Å². The number of hydrogen-bond donors (Lipinski definition) is 6. The third-order valence-corrected chi connectivity index (χ3v) is 27.0. The number of aliphatic hydroxyl groups excluding tert-OH is 1. The fourth-order valence-corrected chi connectivity index (χ4v) is 19.8. The lowest BCUT2D eigenvalue weighted by Crippen LogP contribution is -2.27. The Labute approximate surface area is 714 Å². The van der Waals surface area contributed by atoms with Gasteiger partial charge in [0.25, 0.3) is 0 Å². The van der Waals surface area contributed by atoms with E-state index in [1.807, 2.05) is 97.0 Å². The Morgan fingerprint density at radius 2 is 0.500 bits per heavy atom. The molecule has 0 bridgehead atoms. The van der Waals surface area contributed by atoms with Gasteiger partial charge in [-0.05, 0) is 340 Å². The van der Waals surface area contributed by atoms with Crippen LogP contribution in [0.15, 0.2) is 163 Å². The van der Waals surface area contributed by atoms with E-state index in [1.165, 1.54) is 0 Å². The molecule has 0 heterocycles. The minimum absolute atomic E-state index is 0. The van der Waals surface area contributed by atoms with Crippen LogP contribution < -0.4 is 4.74 Å². The summed E-state index contributed by atoms with van der Waals surface area (Å²) < 4.78 is 38.4. The third kappa shape index (κ3) is 20.0. The first-order chi connectivity index (χ1) is 48.7. The number of benzene rings is 9. The Bertz CT molecular complexity index is 4050. The van der Waals surface area contributed by atoms with Crippen LogP contribution in [0.5, 0.6) is 34.5 Å². The molecule has 11 nitrogen and oxygen atoms in total. The van der Waals surface area contributed by atoms with Gasteiger partial charge in [-0.3, -0.25) is 0 Å². The van der Waals surface area contributed by atoms with Crippen LogP contribution in [-0.2, 0) is 81.1 Å². The molecule has 0 fully saturated rings. The van der Waals surface area contributed by atoms with Crippen LogP contribution in [0.3, 0.4) is 0 Å². The Morgan fingerprint density at radius 3 is 0.721 bits per heavy atom. The highest BCUT2D eigenvalue weighted by Crippen LogP contribution is 2.52. The van der Waals surface area contributed by atoms with Crippen molar-refractivity contribution < 1.29 is 54.3 Å². The van der Waals surface area contributed by atoms with E-state index in [-0.39, 0.29) is 63.5 Å². The first kappa shape index (κ1) is 90.2. The van der Waals surface area contributed by atoms with Gasteiger partial charge in [-0.15, -0.1) is 0 Å². The molecule has 0 saturated heterocycles. The summed E-state index contributed by atoms with van der Waals surface area (Å²) in [6.45, 7) is 25.4. The van der Waals surface area contributed by atoms with Crippen LogP contribution in [0.1, 0.15) is 170 Å². The van der Waals surface area contributed by atoms with E-state index >= 15 is 0 Å². The van der Waals surface area contributed by atoms with Gasteiger partial charge in [0.2, 0.25) is 0 Å². The lowest BCUT2D eigenvalue weighted by atomic mass is 9.68. The number of aliphatic hydroxyl groups is 1. The average molecular weight is 2190 g/mol. The van der Waals surface area contributed by atoms with Crippen molar-refractivity contribution in [1.29, 1.82) is 0 Å². The van der Waals surface area contributed by atoms with Crippen molar-refractivity contribution in [3.05, 3.63) is 263 Å². The van der Waals surface area contributed by atoms with Crippen molar-refractivity contribution >= 4 is 191 Å². The second-order valence-corrected chi connectivity index (χ2v) is 35.1. The molecule has 0 aliphatic rings. The van der Waals surface area contributed by atoms with Crippen LogP contribution in [-0.4, -0.2) is 64.2 Å². The second kappa shape index (κ2) is 40.0. The van der Waals surface area contributed by atoms with Crippen LogP contribution in [0.4, 0.5) is 0 Å². The highest BCUT2D eigenvalue weighted by Gasteiger charge is 2.39. The zero-order valence-corrected chi connectivity index (χ0v) is 78.0. The van der Waals surface area contributed by atoms with E-state index in [2.05, 4.69) is 280 Å². The molecule has 104 heavy (non-hydrogen) atoms. The molecule has 0 amide bonds. The molecular weight excluding hydrogens is 2110 g/mol. The molecule has 0 radical (unpaired) electrons. The molecule has 6 N–H and O–H groups in total. The summed E-state index contributed by atoms with van der Waals surface area (Å²) in [4.78, 5) is 0. The first-order valence-corrected chi connectivity index (χ1v) is 42.5. The minimum Gasteiger partial charge on any atom is -0.507 e. The molecule has 9 aromatic rings. The van der Waals surface area contributed by atoms with Gasteiger partial charge in [0.1, 0.15) is 34.5 Å². The molecule has 0 aliphatic carbocycles. The van der Waals surface area contributed by atoms with E-state index in [9.17, 15) is 30.6 Å². The number of hydrogen-bond acceptors (Lipinski definition) is 11. The van der Waals surface area contributed by atoms with Gasteiger partial charge < -0.3 is 54.3 Å². The molecule has 0 unspecified atom stereocenters. The fraction of sp³-hybridized carbons (Fsp3) is 0.333. The average Bonchev–Trinajstić information content (AvgIpc) is 0.757. The topological polar surface area (TPSA) is 168 Å². The van der Waals surface area contributed by atoms with E-state index in [1.54, 1.807) is 7.11 Å². The van der Waals surface area contributed by atoms with E-state index in [0.717, 1.165) is 119 Å². The van der Waals surface area contributed by atoms with E-state index in [4.69, 9.17) is 23.7 Å². The zero-order valence-electron chi connectivity index (χ0n) is 58.9. The van der Waals surface area contributed by atoms with Gasteiger partial charge in [-0.25, -0.2) is 0 Å². The van der Waals surface area contributed by atoms with Gasteiger partial charge in [-0.2, -0.15) is 0 Å². The summed E-state index contributed by atoms with van der Waals surface area (Å²) >= 11 is 43.2. The number of aryl methyl sites for hydroxylation is 2. The van der Waals surface area contributed by atoms with Gasteiger partial charge in [0.15, 0.2) is 0 Å². The number of halogens is 12. The minimum atomic E-state index is -0.771. The number of ether oxygens (including phenoxy) is 5. The maximum absolute atomic E-state index is 11.2. The number of methoxy groups -OCH3 is 1. The monoisotopic (exact) mass is 2180 g/mol. The van der Waals surface area contributed by atoms with Crippen LogP contribution >= 0.6 is 191 Å². The fourth-order valence-electron chi connectivity index (χ4n) is 12.1. The first-order valence-electron chi connectivity index (χ1n) is 33.0. The molecule has 0 spiro atoms. The molecule has 0 aromatic heterocycles. The molecule has 560 valence electrons. The van der Waals surface area contributed by atoms with Gasteiger partial charge >= 0.3 is 0 Å².